The molecule has 25 heavy (non-hydrogen) atoms. The number of hydrogen-bond donors (Lipinski definition) is 1. The summed E-state index contributed by atoms with van der Waals surface area (Å²) in [6, 6.07) is 18.1. The number of halogens is 1. The summed E-state index contributed by atoms with van der Waals surface area (Å²) in [4.78, 5) is 4.14. The quantitative estimate of drug-likeness (QED) is 0.714. The van der Waals surface area contributed by atoms with E-state index >= 15 is 0 Å². The third-order valence-electron chi connectivity index (χ3n) is 4.71. The molecule has 2 nitrogen and oxygen atoms in total. The number of benzene rings is 2. The van der Waals surface area contributed by atoms with E-state index in [4.69, 9.17) is 0 Å². The molecule has 1 unspecified atom stereocenters. The normalized spacial score (nSPS) is 13.6. The van der Waals surface area contributed by atoms with Crippen LogP contribution in [-0.4, -0.2) is 10.1 Å². The summed E-state index contributed by atoms with van der Waals surface area (Å²) >= 11 is 0. The van der Waals surface area contributed by atoms with Gasteiger partial charge in [0, 0.05) is 18.8 Å². The minimum Gasteiger partial charge on any atom is -0.385 e. The zero-order valence-electron chi connectivity index (χ0n) is 14.5. The molecule has 0 fully saturated rings. The van der Waals surface area contributed by atoms with Crippen LogP contribution in [0.3, 0.4) is 0 Å². The van der Waals surface area contributed by atoms with Gasteiger partial charge in [0.2, 0.25) is 0 Å². The average Bonchev–Trinajstić information content (AvgIpc) is 2.63. The zero-order valence-corrected chi connectivity index (χ0v) is 14.5. The molecule has 0 aliphatic heterocycles. The third-order valence-corrected chi connectivity index (χ3v) is 4.71. The number of aromatic nitrogens is 1. The highest BCUT2D eigenvalue weighted by atomic mass is 19.1. The van der Waals surface area contributed by atoms with E-state index in [1.807, 2.05) is 50.2 Å². The van der Waals surface area contributed by atoms with Crippen LogP contribution < -0.4 is 0 Å². The fraction of sp³-hybridized carbons (Fsp3) is 0.227. The van der Waals surface area contributed by atoms with Gasteiger partial charge >= 0.3 is 0 Å². The van der Waals surface area contributed by atoms with Crippen LogP contribution in [0.15, 0.2) is 73.1 Å². The van der Waals surface area contributed by atoms with Gasteiger partial charge in [0.15, 0.2) is 0 Å². The molecule has 0 amide bonds. The van der Waals surface area contributed by atoms with E-state index < -0.39 is 5.60 Å². The van der Waals surface area contributed by atoms with Gasteiger partial charge in [0.25, 0.3) is 0 Å². The molecule has 0 aliphatic carbocycles. The summed E-state index contributed by atoms with van der Waals surface area (Å²) in [5, 5.41) is 11.3. The summed E-state index contributed by atoms with van der Waals surface area (Å²) in [7, 11) is 0. The molecule has 0 saturated heterocycles. The molecule has 2 aromatic carbocycles. The number of aliphatic hydroxyl groups is 1. The van der Waals surface area contributed by atoms with Crippen molar-refractivity contribution in [2.24, 2.45) is 5.92 Å². The van der Waals surface area contributed by atoms with Gasteiger partial charge in [0.1, 0.15) is 5.82 Å². The van der Waals surface area contributed by atoms with Crippen molar-refractivity contribution in [3.05, 3.63) is 90.0 Å². The smallest absolute Gasteiger partial charge is 0.123 e. The van der Waals surface area contributed by atoms with Crippen LogP contribution in [0.4, 0.5) is 4.39 Å². The molecule has 3 heteroatoms. The van der Waals surface area contributed by atoms with Gasteiger partial charge in [-0.05, 0) is 46.4 Å². The first kappa shape index (κ1) is 17.3. The predicted molar refractivity (Wildman–Crippen MR) is 98.5 cm³/mol. The summed E-state index contributed by atoms with van der Waals surface area (Å²) in [5.41, 5.74) is 2.85. The number of pyridine rings is 1. The van der Waals surface area contributed by atoms with Crippen LogP contribution >= 0.6 is 0 Å². The number of nitrogens with zero attached hydrogens (tertiary/aromatic N) is 1. The Bertz CT molecular complexity index is 813. The highest BCUT2D eigenvalue weighted by Crippen LogP contribution is 2.34. The lowest BCUT2D eigenvalue weighted by molar-refractivity contribution is -0.0100. The maximum atomic E-state index is 13.1. The molecule has 3 rings (SSSR count). The van der Waals surface area contributed by atoms with Gasteiger partial charge in [-0.1, -0.05) is 56.3 Å². The van der Waals surface area contributed by atoms with Crippen LogP contribution in [0.2, 0.25) is 0 Å². The van der Waals surface area contributed by atoms with E-state index in [0.29, 0.717) is 6.42 Å². The molecule has 1 atom stereocenters. The molecule has 128 valence electrons. The number of hydrogen-bond acceptors (Lipinski definition) is 2. The minimum atomic E-state index is -0.968. The van der Waals surface area contributed by atoms with Crippen LogP contribution in [0, 0.1) is 11.7 Å². The molecule has 1 N–H and O–H groups in total. The van der Waals surface area contributed by atoms with Crippen LogP contribution in [-0.2, 0) is 12.0 Å². The Morgan fingerprint density at radius 2 is 1.56 bits per heavy atom. The summed E-state index contributed by atoms with van der Waals surface area (Å²) in [6.45, 7) is 4.04. The SMILES string of the molecule is CC(C)C(O)(Cc1cccnc1)c1ccc(-c2ccc(F)cc2)cc1. The topological polar surface area (TPSA) is 33.1 Å². The maximum absolute atomic E-state index is 13.1. The molecule has 0 aliphatic rings. The molecule has 0 bridgehead atoms. The van der Waals surface area contributed by atoms with E-state index in [1.165, 1.54) is 12.1 Å². The van der Waals surface area contributed by atoms with Crippen LogP contribution in [0.1, 0.15) is 25.0 Å². The van der Waals surface area contributed by atoms with E-state index in [-0.39, 0.29) is 11.7 Å². The van der Waals surface area contributed by atoms with Gasteiger partial charge in [-0.25, -0.2) is 4.39 Å². The lowest BCUT2D eigenvalue weighted by Gasteiger charge is -2.33. The van der Waals surface area contributed by atoms with Crippen LogP contribution in [0.5, 0.6) is 0 Å². The van der Waals surface area contributed by atoms with Crippen molar-refractivity contribution in [1.82, 2.24) is 4.98 Å². The fourth-order valence-electron chi connectivity index (χ4n) is 3.05. The Morgan fingerprint density at radius 1 is 0.960 bits per heavy atom. The zero-order chi connectivity index (χ0) is 17.9. The van der Waals surface area contributed by atoms with Gasteiger partial charge in [-0.15, -0.1) is 0 Å². The maximum Gasteiger partial charge on any atom is 0.123 e. The second kappa shape index (κ2) is 7.16. The van der Waals surface area contributed by atoms with E-state index in [9.17, 15) is 9.50 Å². The molecule has 0 spiro atoms. The first-order chi connectivity index (χ1) is 12.0. The first-order valence-electron chi connectivity index (χ1n) is 8.47. The number of rotatable bonds is 5. The van der Waals surface area contributed by atoms with Gasteiger partial charge in [0.05, 0.1) is 5.60 Å². The predicted octanol–water partition coefficient (Wildman–Crippen LogP) is 4.97. The van der Waals surface area contributed by atoms with Gasteiger partial charge < -0.3 is 5.11 Å². The van der Waals surface area contributed by atoms with E-state index in [0.717, 1.165) is 22.3 Å². The van der Waals surface area contributed by atoms with Crippen molar-refractivity contribution in [2.45, 2.75) is 25.9 Å². The molecule has 0 saturated carbocycles. The average molecular weight is 335 g/mol. The standard InChI is InChI=1S/C22H22FNO/c1-16(2)22(25,14-17-4-3-13-24-15-17)20-9-5-18(6-10-20)19-7-11-21(23)12-8-19/h3-13,15-16,25H,14H2,1-2H3. The minimum absolute atomic E-state index is 0.0457. The molecule has 0 radical (unpaired) electrons. The Kier molecular flexibility index (Phi) is 4.95. The largest absolute Gasteiger partial charge is 0.385 e. The Labute approximate surface area is 148 Å². The molecule has 1 heterocycles. The van der Waals surface area contributed by atoms with Crippen molar-refractivity contribution in [3.8, 4) is 11.1 Å². The van der Waals surface area contributed by atoms with Crippen molar-refractivity contribution in [1.29, 1.82) is 0 Å². The second-order valence-electron chi connectivity index (χ2n) is 6.70. The first-order valence-corrected chi connectivity index (χ1v) is 8.47. The Morgan fingerprint density at radius 3 is 2.08 bits per heavy atom. The lowest BCUT2D eigenvalue weighted by Crippen LogP contribution is -2.34. The second-order valence-corrected chi connectivity index (χ2v) is 6.70. The molecular formula is C22H22FNO. The van der Waals surface area contributed by atoms with Crippen molar-refractivity contribution < 1.29 is 9.50 Å². The molecular weight excluding hydrogens is 313 g/mol. The summed E-state index contributed by atoms with van der Waals surface area (Å²) < 4.78 is 13.1. The highest BCUT2D eigenvalue weighted by Gasteiger charge is 2.33. The van der Waals surface area contributed by atoms with Crippen LogP contribution in [0.25, 0.3) is 11.1 Å². The van der Waals surface area contributed by atoms with E-state index in [1.54, 1.807) is 24.5 Å². The Hall–Kier alpha value is -2.52. The fourth-order valence-corrected chi connectivity index (χ4v) is 3.05. The summed E-state index contributed by atoms with van der Waals surface area (Å²) in [6.07, 6.45) is 4.03. The lowest BCUT2D eigenvalue weighted by atomic mass is 9.78. The highest BCUT2D eigenvalue weighted by molar-refractivity contribution is 5.63. The van der Waals surface area contributed by atoms with Gasteiger partial charge in [-0.2, -0.15) is 0 Å². The monoisotopic (exact) mass is 335 g/mol. The van der Waals surface area contributed by atoms with E-state index in [2.05, 4.69) is 4.98 Å². The summed E-state index contributed by atoms with van der Waals surface area (Å²) in [5.74, 6) is -0.199. The molecule has 3 aromatic rings. The van der Waals surface area contributed by atoms with Gasteiger partial charge in [-0.3, -0.25) is 4.98 Å². The molecule has 1 aromatic heterocycles. The van der Waals surface area contributed by atoms with Crippen molar-refractivity contribution >= 4 is 0 Å². The third kappa shape index (κ3) is 3.77. The Balaban J connectivity index is 1.90. The van der Waals surface area contributed by atoms with Crippen molar-refractivity contribution in [3.63, 3.8) is 0 Å². The van der Waals surface area contributed by atoms with Crippen molar-refractivity contribution in [2.75, 3.05) is 0 Å².